The van der Waals surface area contributed by atoms with Gasteiger partial charge in [0.05, 0.1) is 23.5 Å². The molecule has 8 heteroatoms. The number of hydrogen-bond donors (Lipinski definition) is 2. The lowest BCUT2D eigenvalue weighted by Gasteiger charge is -2.11. The summed E-state index contributed by atoms with van der Waals surface area (Å²) in [6, 6.07) is 22.0. The molecule has 1 fully saturated rings. The number of H-pyrrole nitrogens is 1. The lowest BCUT2D eigenvalue weighted by Crippen LogP contribution is -2.30. The average Bonchev–Trinajstić information content (AvgIpc) is 3.52. The topological polar surface area (TPSA) is 87.2 Å². The summed E-state index contributed by atoms with van der Waals surface area (Å²) in [6.45, 7) is 0.159. The van der Waals surface area contributed by atoms with Gasteiger partial charge in [0.2, 0.25) is 0 Å². The van der Waals surface area contributed by atoms with Crippen LogP contribution in [0.4, 0.5) is 4.79 Å². The molecule has 0 unspecified atom stereocenters. The van der Waals surface area contributed by atoms with Crippen molar-refractivity contribution in [3.05, 3.63) is 116 Å². The Morgan fingerprint density at radius 1 is 0.879 bits per heavy atom. The summed E-state index contributed by atoms with van der Waals surface area (Å²) < 4.78 is 1.46. The maximum absolute atomic E-state index is 13.3. The normalized spacial score (nSPS) is 14.8. The Morgan fingerprint density at radius 2 is 1.61 bits per heavy atom. The highest BCUT2D eigenvalue weighted by Gasteiger charge is 2.34. The first-order valence-electron chi connectivity index (χ1n) is 10.4. The molecule has 1 aliphatic rings. The molecule has 5 rings (SSSR count). The van der Waals surface area contributed by atoms with Crippen LogP contribution < -0.4 is 10.9 Å². The van der Waals surface area contributed by atoms with Crippen LogP contribution in [0.25, 0.3) is 11.8 Å². The standard InChI is InChI=1S/C25H20N4O3S/c30-23-20(15-22-24(31)28(25(32)26-22)16-17-8-3-1-4-9-17)21(14-19-12-7-13-33-19)27-29(23)18-10-5-2-6-11-18/h1-13,15,27H,14,16H2,(H,26,32). The molecule has 0 radical (unpaired) electrons. The number of imide groups is 1. The van der Waals surface area contributed by atoms with Crippen LogP contribution in [0.1, 0.15) is 21.7 Å². The summed E-state index contributed by atoms with van der Waals surface area (Å²) in [4.78, 5) is 41.0. The molecule has 4 aromatic rings. The molecule has 0 spiro atoms. The van der Waals surface area contributed by atoms with E-state index in [-0.39, 0.29) is 17.8 Å². The smallest absolute Gasteiger partial charge is 0.303 e. The van der Waals surface area contributed by atoms with Gasteiger partial charge in [-0.1, -0.05) is 54.6 Å². The minimum absolute atomic E-state index is 0.0830. The van der Waals surface area contributed by atoms with Gasteiger partial charge < -0.3 is 5.32 Å². The molecule has 3 amide bonds. The number of benzene rings is 2. The van der Waals surface area contributed by atoms with Crippen LogP contribution in [-0.2, 0) is 17.8 Å². The summed E-state index contributed by atoms with van der Waals surface area (Å²) in [5.41, 5.74) is 2.34. The number of aromatic amines is 1. The van der Waals surface area contributed by atoms with Crippen molar-refractivity contribution in [2.24, 2.45) is 0 Å². The Kier molecular flexibility index (Phi) is 5.50. The first kappa shape index (κ1) is 20.7. The van der Waals surface area contributed by atoms with Gasteiger partial charge >= 0.3 is 6.03 Å². The van der Waals surface area contributed by atoms with Crippen molar-refractivity contribution < 1.29 is 9.59 Å². The summed E-state index contributed by atoms with van der Waals surface area (Å²) in [6.07, 6.45) is 1.98. The van der Waals surface area contributed by atoms with E-state index in [1.165, 1.54) is 10.8 Å². The number of rotatable bonds is 6. The van der Waals surface area contributed by atoms with Gasteiger partial charge in [-0.3, -0.25) is 19.6 Å². The Balaban J connectivity index is 1.52. The van der Waals surface area contributed by atoms with Crippen molar-refractivity contribution in [1.82, 2.24) is 20.0 Å². The molecule has 33 heavy (non-hydrogen) atoms. The summed E-state index contributed by atoms with van der Waals surface area (Å²) >= 11 is 1.59. The van der Waals surface area contributed by atoms with Gasteiger partial charge in [-0.2, -0.15) is 0 Å². The highest BCUT2D eigenvalue weighted by molar-refractivity contribution is 7.09. The third-order valence-electron chi connectivity index (χ3n) is 5.39. The van der Waals surface area contributed by atoms with E-state index in [0.717, 1.165) is 15.3 Å². The van der Waals surface area contributed by atoms with Crippen molar-refractivity contribution in [3.8, 4) is 5.69 Å². The summed E-state index contributed by atoms with van der Waals surface area (Å²) in [5.74, 6) is -0.460. The molecule has 164 valence electrons. The molecule has 2 aromatic heterocycles. The van der Waals surface area contributed by atoms with Crippen LogP contribution in [0, 0.1) is 0 Å². The molecule has 2 aromatic carbocycles. The van der Waals surface area contributed by atoms with Crippen molar-refractivity contribution in [1.29, 1.82) is 0 Å². The number of nitrogens with zero attached hydrogens (tertiary/aromatic N) is 2. The molecule has 2 N–H and O–H groups in total. The fourth-order valence-electron chi connectivity index (χ4n) is 3.75. The number of para-hydroxylation sites is 1. The van der Waals surface area contributed by atoms with E-state index < -0.39 is 11.9 Å². The van der Waals surface area contributed by atoms with Crippen molar-refractivity contribution >= 4 is 29.4 Å². The molecule has 0 saturated carbocycles. The molecule has 0 bridgehead atoms. The van der Waals surface area contributed by atoms with Crippen LogP contribution in [0.5, 0.6) is 0 Å². The highest BCUT2D eigenvalue weighted by atomic mass is 32.1. The quantitative estimate of drug-likeness (QED) is 0.341. The van der Waals surface area contributed by atoms with Crippen LogP contribution in [0.2, 0.25) is 0 Å². The third kappa shape index (κ3) is 4.16. The van der Waals surface area contributed by atoms with E-state index in [1.807, 2.05) is 78.2 Å². The zero-order chi connectivity index (χ0) is 22.8. The molecule has 1 aliphatic heterocycles. The summed E-state index contributed by atoms with van der Waals surface area (Å²) in [5, 5.41) is 7.78. The monoisotopic (exact) mass is 456 g/mol. The molecular weight excluding hydrogens is 436 g/mol. The van der Waals surface area contributed by atoms with Gasteiger partial charge in [-0.15, -0.1) is 11.3 Å². The van der Waals surface area contributed by atoms with Crippen LogP contribution >= 0.6 is 11.3 Å². The minimum atomic E-state index is -0.506. The number of aromatic nitrogens is 2. The number of urea groups is 1. The SMILES string of the molecule is O=C1NC(=Cc2c(Cc3cccs3)[nH]n(-c3ccccc3)c2=O)C(=O)N1Cc1ccccc1. The van der Waals surface area contributed by atoms with Crippen molar-refractivity contribution in [2.45, 2.75) is 13.0 Å². The lowest BCUT2D eigenvalue weighted by molar-refractivity contribution is -0.123. The lowest BCUT2D eigenvalue weighted by atomic mass is 10.1. The van der Waals surface area contributed by atoms with Gasteiger partial charge in [0.15, 0.2) is 0 Å². The second-order valence-electron chi connectivity index (χ2n) is 7.60. The maximum Gasteiger partial charge on any atom is 0.329 e. The van der Waals surface area contributed by atoms with E-state index in [0.29, 0.717) is 23.4 Å². The molecule has 0 atom stereocenters. The number of carbonyl (C=O) groups is 2. The molecular formula is C25H20N4O3S. The Bertz CT molecular complexity index is 1390. The number of nitrogens with one attached hydrogen (secondary N) is 2. The number of carbonyl (C=O) groups excluding carboxylic acids is 2. The molecule has 3 heterocycles. The minimum Gasteiger partial charge on any atom is -0.303 e. The Hall–Kier alpha value is -4.17. The number of thiophene rings is 1. The maximum atomic E-state index is 13.3. The van der Waals surface area contributed by atoms with Crippen LogP contribution in [0.15, 0.2) is 88.7 Å². The van der Waals surface area contributed by atoms with E-state index in [4.69, 9.17) is 0 Å². The molecule has 7 nitrogen and oxygen atoms in total. The predicted molar refractivity (Wildman–Crippen MR) is 127 cm³/mol. The average molecular weight is 457 g/mol. The number of amides is 3. The summed E-state index contributed by atoms with van der Waals surface area (Å²) in [7, 11) is 0. The zero-order valence-electron chi connectivity index (χ0n) is 17.5. The van der Waals surface area contributed by atoms with Gasteiger partial charge in [-0.25, -0.2) is 9.48 Å². The van der Waals surface area contributed by atoms with Crippen molar-refractivity contribution in [3.63, 3.8) is 0 Å². The van der Waals surface area contributed by atoms with E-state index in [2.05, 4.69) is 10.4 Å². The van der Waals surface area contributed by atoms with E-state index >= 15 is 0 Å². The van der Waals surface area contributed by atoms with Gasteiger partial charge in [0, 0.05) is 11.3 Å². The van der Waals surface area contributed by atoms with Crippen molar-refractivity contribution in [2.75, 3.05) is 0 Å². The second-order valence-corrected chi connectivity index (χ2v) is 8.63. The predicted octanol–water partition coefficient (Wildman–Crippen LogP) is 3.91. The van der Waals surface area contributed by atoms with Crippen LogP contribution in [0.3, 0.4) is 0 Å². The Morgan fingerprint density at radius 3 is 2.30 bits per heavy atom. The molecule has 1 saturated heterocycles. The van der Waals surface area contributed by atoms with Gasteiger partial charge in [-0.05, 0) is 35.2 Å². The number of hydrogen-bond acceptors (Lipinski definition) is 4. The first-order chi connectivity index (χ1) is 16.1. The fraction of sp³-hybridized carbons (Fsp3) is 0.0800. The second kappa shape index (κ2) is 8.76. The van der Waals surface area contributed by atoms with Gasteiger partial charge in [0.1, 0.15) is 5.70 Å². The molecule has 0 aliphatic carbocycles. The largest absolute Gasteiger partial charge is 0.329 e. The zero-order valence-corrected chi connectivity index (χ0v) is 18.3. The first-order valence-corrected chi connectivity index (χ1v) is 11.3. The Labute approximate surface area is 193 Å². The fourth-order valence-corrected chi connectivity index (χ4v) is 4.47. The van der Waals surface area contributed by atoms with E-state index in [1.54, 1.807) is 11.3 Å². The van der Waals surface area contributed by atoms with E-state index in [9.17, 15) is 14.4 Å². The van der Waals surface area contributed by atoms with Crippen LogP contribution in [-0.4, -0.2) is 26.6 Å². The highest BCUT2D eigenvalue weighted by Crippen LogP contribution is 2.21. The third-order valence-corrected chi connectivity index (χ3v) is 6.26. The van der Waals surface area contributed by atoms with Gasteiger partial charge in [0.25, 0.3) is 11.5 Å².